The summed E-state index contributed by atoms with van der Waals surface area (Å²) >= 11 is 0. The van der Waals surface area contributed by atoms with Crippen LogP contribution in [-0.2, 0) is 28.1 Å². The zero-order chi connectivity index (χ0) is 98.9. The van der Waals surface area contributed by atoms with Crippen LogP contribution in [0.2, 0.25) is 0 Å². The Kier molecular flexibility index (Phi) is 23.8. The first kappa shape index (κ1) is 87.3. The lowest BCUT2D eigenvalue weighted by Gasteiger charge is -2.42. The smallest absolute Gasteiger partial charge is 0.0495 e. The third-order valence-corrected chi connectivity index (χ3v) is 27.9. The molecule has 0 saturated heterocycles. The van der Waals surface area contributed by atoms with Crippen LogP contribution >= 0.6 is 0 Å². The van der Waals surface area contributed by atoms with E-state index in [4.69, 9.17) is 4.11 Å². The lowest BCUT2D eigenvalue weighted by atomic mass is 9.77. The second kappa shape index (κ2) is 35.8. The van der Waals surface area contributed by atoms with Gasteiger partial charge in [0.15, 0.2) is 0 Å². The Morgan fingerprint density at radius 3 is 0.809 bits per heavy atom. The van der Waals surface area contributed by atoms with Crippen molar-refractivity contribution in [1.82, 2.24) is 0 Å². The van der Waals surface area contributed by atoms with Gasteiger partial charge in [-0.15, -0.1) is 0 Å². The summed E-state index contributed by atoms with van der Waals surface area (Å²) in [6, 6.07) is 108. The van der Waals surface area contributed by atoms with E-state index in [0.29, 0.717) is 0 Å². The van der Waals surface area contributed by atoms with E-state index in [2.05, 4.69) is 456 Å². The van der Waals surface area contributed by atoms with E-state index in [0.717, 1.165) is 56.3 Å². The van der Waals surface area contributed by atoms with Crippen molar-refractivity contribution in [1.29, 1.82) is 0 Å². The monoisotopic (exact) mass is 1730 g/mol. The predicted octanol–water partition coefficient (Wildman–Crippen LogP) is 36.4. The SMILES string of the molecule is Cc1c(N(c2ccccc2-c2ccccc2)C(C)(C)C)ccc2c1C(C)(C)c1ccccc1-2.[2H]C(C)(C)c1ccccc1N(c1ccc2c(c1C([2H])(C)C)C(C)(C)c1ccccc1-2)C(C)(C)C.[2H]C(C)(C)c1ccccc1N(c1ccc2c(c1C([2H])(C)C)C(C)(C)c1ccccc1-2)C(C)(C)C.[2H]C(C)c1c(N(c2ccccc2-c2ccccc2)C(C)(C)C)ccc2c1C(C)(C)c1ccccc1-2. The number of anilines is 8. The van der Waals surface area contributed by atoms with Crippen LogP contribution in [0.5, 0.6) is 0 Å². The summed E-state index contributed by atoms with van der Waals surface area (Å²) in [6.07, 6.45) is -0.359. The maximum absolute atomic E-state index is 9.34. The summed E-state index contributed by atoms with van der Waals surface area (Å²) in [5, 5.41) is 0. The van der Waals surface area contributed by atoms with Gasteiger partial charge in [0, 0.05) is 107 Å². The minimum Gasteiger partial charge on any atom is -0.336 e. The van der Waals surface area contributed by atoms with E-state index in [1.54, 1.807) is 0 Å². The molecule has 14 aromatic rings. The number of hydrogen-bond acceptors (Lipinski definition) is 4. The molecule has 4 aliphatic carbocycles. The molecular weight excluding hydrogens is 1580 g/mol. The van der Waals surface area contributed by atoms with Gasteiger partial charge >= 0.3 is 0 Å². The van der Waals surface area contributed by atoms with Crippen molar-refractivity contribution in [3.8, 4) is 66.8 Å². The van der Waals surface area contributed by atoms with Crippen LogP contribution in [0.15, 0.2) is 303 Å². The molecule has 0 saturated carbocycles. The zero-order valence-corrected chi connectivity index (χ0v) is 84.2. The Labute approximate surface area is 796 Å². The average Bonchev–Trinajstić information content (AvgIpc) is 1.51. The molecule has 18 rings (SSSR count). The minimum absolute atomic E-state index is 0.0193. The fourth-order valence-corrected chi connectivity index (χ4v) is 22.5. The van der Waals surface area contributed by atoms with Crippen LogP contribution < -0.4 is 19.6 Å². The standard InChI is InChI=1S/C33H35N.C32H33N.2C31H39N/c1-7-24-30(22-21-27-26-18-11-13-19-28(26)33(5,6)31(24)27)34(32(2,3)4)29-20-14-12-17-25(29)23-15-9-8-10-16-23;1-22-28(21-20-26-25-17-10-12-18-27(25)32(5,6)30(22)26)33(31(2,3)4)29-19-13-11-16-24(29)23-14-8-7-9-15-23;2*1-20(2)22-14-11-13-17-26(22)32(30(5,6)7)27-19-18-24-23-15-10-12-16-25(23)31(8,9)29(24)28(27)21(3)4/h8-22H,7H2,1-6H3;7-21H,1-6H3;2*10-21H,1-9H3/i7D;;2*20D,21D. The molecule has 14 aromatic carbocycles. The maximum atomic E-state index is 9.34. The highest BCUT2D eigenvalue weighted by Gasteiger charge is 2.46. The summed E-state index contributed by atoms with van der Waals surface area (Å²) in [5.74, 6) is -3.12. The Morgan fingerprint density at radius 2 is 0.489 bits per heavy atom. The molecule has 1 atom stereocenters. The molecule has 0 heterocycles. The van der Waals surface area contributed by atoms with Gasteiger partial charge in [0.05, 0.1) is 0 Å². The van der Waals surface area contributed by atoms with E-state index in [-0.39, 0.29) is 50.2 Å². The van der Waals surface area contributed by atoms with Crippen LogP contribution in [-0.4, -0.2) is 22.2 Å². The quantitative estimate of drug-likeness (QED) is 0.101. The number of rotatable bonds is 15. The molecule has 0 aliphatic heterocycles. The fraction of sp³-hybridized carbons (Fsp3) is 0.339. The summed E-state index contributed by atoms with van der Waals surface area (Å²) in [6.45, 7) is 65.7. The highest BCUT2D eigenvalue weighted by molar-refractivity contribution is 5.94. The van der Waals surface area contributed by atoms with Crippen molar-refractivity contribution in [2.45, 2.75) is 282 Å². The van der Waals surface area contributed by atoms with Gasteiger partial charge in [0.1, 0.15) is 0 Å². The van der Waals surface area contributed by atoms with Gasteiger partial charge in [0.25, 0.3) is 0 Å². The maximum Gasteiger partial charge on any atom is 0.0495 e. The first-order chi connectivity index (χ1) is 63.4. The number of para-hydroxylation sites is 4. The highest BCUT2D eigenvalue weighted by Crippen LogP contribution is 2.60. The molecule has 0 spiro atoms. The van der Waals surface area contributed by atoms with Crippen molar-refractivity contribution < 1.29 is 6.85 Å². The molecule has 4 nitrogen and oxygen atoms in total. The molecule has 4 aliphatic rings. The molecule has 0 N–H and O–H groups in total. The van der Waals surface area contributed by atoms with Crippen molar-refractivity contribution >= 4 is 45.5 Å². The predicted molar refractivity (Wildman–Crippen MR) is 571 cm³/mol. The molecule has 0 bridgehead atoms. The van der Waals surface area contributed by atoms with E-state index >= 15 is 0 Å². The Balaban J connectivity index is 0.000000138. The molecule has 1 unspecified atom stereocenters. The number of hydrogen-bond donors (Lipinski definition) is 0. The van der Waals surface area contributed by atoms with Crippen molar-refractivity contribution in [2.75, 3.05) is 19.6 Å². The molecule has 4 heteroatoms. The molecule has 674 valence electrons. The van der Waals surface area contributed by atoms with Crippen LogP contribution in [0, 0.1) is 6.92 Å². The second-order valence-corrected chi connectivity index (χ2v) is 43.6. The Morgan fingerprint density at radius 1 is 0.244 bits per heavy atom. The Bertz CT molecular complexity index is 6610. The van der Waals surface area contributed by atoms with Crippen LogP contribution in [0.25, 0.3) is 66.8 Å². The zero-order valence-electron chi connectivity index (χ0n) is 89.2. The number of nitrogens with zero attached hydrogens (tertiary/aromatic N) is 4. The topological polar surface area (TPSA) is 13.0 Å². The third-order valence-electron chi connectivity index (χ3n) is 27.9. The molecule has 0 radical (unpaired) electrons. The van der Waals surface area contributed by atoms with E-state index in [1.807, 2.05) is 74.4 Å². The van der Waals surface area contributed by atoms with Gasteiger partial charge in [0.2, 0.25) is 0 Å². The van der Waals surface area contributed by atoms with E-state index in [1.165, 1.54) is 134 Å². The van der Waals surface area contributed by atoms with Crippen molar-refractivity contribution in [3.05, 3.63) is 381 Å². The van der Waals surface area contributed by atoms with Crippen LogP contribution in [0.4, 0.5) is 45.5 Å². The summed E-state index contributed by atoms with van der Waals surface area (Å²) < 4.78 is 45.5. The van der Waals surface area contributed by atoms with Gasteiger partial charge < -0.3 is 19.6 Å². The first-order valence-electron chi connectivity index (χ1n) is 50.2. The van der Waals surface area contributed by atoms with Crippen LogP contribution in [0.1, 0.15) is 309 Å². The summed E-state index contributed by atoms with van der Waals surface area (Å²) in [4.78, 5) is 9.71. The molecular formula is C127H146N4. The summed E-state index contributed by atoms with van der Waals surface area (Å²) in [5.41, 5.74) is 40.1. The molecule has 0 amide bonds. The van der Waals surface area contributed by atoms with E-state index in [9.17, 15) is 2.74 Å². The van der Waals surface area contributed by atoms with Gasteiger partial charge in [-0.05, 0) is 302 Å². The highest BCUT2D eigenvalue weighted by atomic mass is 15.2. The average molecular weight is 1730 g/mol. The van der Waals surface area contributed by atoms with Gasteiger partial charge in [-0.25, -0.2) is 0 Å². The molecule has 131 heavy (non-hydrogen) atoms. The van der Waals surface area contributed by atoms with Crippen molar-refractivity contribution in [3.63, 3.8) is 0 Å². The first-order valence-corrected chi connectivity index (χ1v) is 47.6. The number of fused-ring (bicyclic) bond motifs is 12. The lowest BCUT2D eigenvalue weighted by Crippen LogP contribution is -2.39. The Hall–Kier alpha value is -11.7. The fourth-order valence-electron chi connectivity index (χ4n) is 22.5. The summed E-state index contributed by atoms with van der Waals surface area (Å²) in [7, 11) is 0. The van der Waals surface area contributed by atoms with Gasteiger partial charge in [-0.3, -0.25) is 0 Å². The van der Waals surface area contributed by atoms with Crippen LogP contribution in [0.3, 0.4) is 0 Å². The minimum atomic E-state index is -0.811. The van der Waals surface area contributed by atoms with Gasteiger partial charge in [-0.2, -0.15) is 0 Å². The number of benzene rings is 14. The molecule has 0 aromatic heterocycles. The lowest BCUT2D eigenvalue weighted by molar-refractivity contribution is 0.552. The van der Waals surface area contributed by atoms with Gasteiger partial charge in [-0.1, -0.05) is 372 Å². The third kappa shape index (κ3) is 17.0. The molecule has 0 fully saturated rings. The largest absolute Gasteiger partial charge is 0.336 e. The second-order valence-electron chi connectivity index (χ2n) is 43.6. The normalized spacial score (nSPS) is 15.4. The van der Waals surface area contributed by atoms with Crippen molar-refractivity contribution in [2.24, 2.45) is 0 Å². The van der Waals surface area contributed by atoms with E-state index < -0.39 is 23.6 Å².